The summed E-state index contributed by atoms with van der Waals surface area (Å²) in [7, 11) is -4.02. The number of likely N-dealkylation sites (tertiary alicyclic amines) is 3. The van der Waals surface area contributed by atoms with E-state index in [4.69, 9.17) is 52.7 Å². The third-order valence-corrected chi connectivity index (χ3v) is 20.1. The molecule has 0 aromatic heterocycles. The Hall–Kier alpha value is -4.27. The third-order valence-electron chi connectivity index (χ3n) is 17.3. The molecule has 2 saturated carbocycles. The van der Waals surface area contributed by atoms with Gasteiger partial charge in [0.2, 0.25) is 17.4 Å². The van der Waals surface area contributed by atoms with Crippen LogP contribution in [0.3, 0.4) is 0 Å². The zero-order valence-corrected chi connectivity index (χ0v) is 64.5. The van der Waals surface area contributed by atoms with E-state index in [1.807, 2.05) is 50.2 Å². The number of halogens is 4. The number of carbonyl (C=O) groups is 4. The molecule has 3 spiro atoms. The van der Waals surface area contributed by atoms with Crippen LogP contribution in [0.1, 0.15) is 139 Å². The summed E-state index contributed by atoms with van der Waals surface area (Å²) in [6.07, 6.45) is 12.5. The number of nitrogens with one attached hydrogen (secondary N) is 1. The Morgan fingerprint density at radius 1 is 0.582 bits per heavy atom. The molecule has 9 aliphatic rings. The van der Waals surface area contributed by atoms with E-state index in [1.54, 1.807) is 41.0 Å². The summed E-state index contributed by atoms with van der Waals surface area (Å²) in [5, 5.41) is 21.0. The number of nitrogens with zero attached hydrogens (tertiary/aromatic N) is 3. The third kappa shape index (κ3) is 25.3. The Balaban J connectivity index is 0.000000212. The van der Waals surface area contributed by atoms with Crippen LogP contribution in [-0.4, -0.2) is 156 Å². The van der Waals surface area contributed by atoms with Crippen LogP contribution >= 0.6 is 63.7 Å². The minimum atomic E-state index is -4.02. The molecule has 4 saturated heterocycles. The van der Waals surface area contributed by atoms with E-state index < -0.39 is 15.9 Å². The number of aryl methyl sites for hydroxylation is 1. The first kappa shape index (κ1) is 84.4. The predicted octanol–water partition coefficient (Wildman–Crippen LogP) is 11.3. The van der Waals surface area contributed by atoms with Crippen LogP contribution in [0.25, 0.3) is 0 Å². The maximum Gasteiger partial charge on any atom is 1.00 e. The molecule has 7 heterocycles. The van der Waals surface area contributed by atoms with Crippen molar-refractivity contribution in [3.63, 3.8) is 0 Å². The molecule has 5 aromatic carbocycles. The average Bonchev–Trinajstić information content (AvgIpc) is 0.790. The van der Waals surface area contributed by atoms with E-state index in [1.165, 1.54) is 37.5 Å². The quantitative estimate of drug-likeness (QED) is 0.0939. The van der Waals surface area contributed by atoms with Crippen LogP contribution in [-0.2, 0) is 69.8 Å². The van der Waals surface area contributed by atoms with Crippen molar-refractivity contribution in [3.05, 3.63) is 143 Å². The number of piperidine rings is 4. The van der Waals surface area contributed by atoms with Crippen molar-refractivity contribution in [1.82, 2.24) is 20.0 Å². The van der Waals surface area contributed by atoms with Gasteiger partial charge in [0.15, 0.2) is 0 Å². The minimum absolute atomic E-state index is 0. The molecule has 534 valence electrons. The molecule has 14 rings (SSSR count). The van der Waals surface area contributed by atoms with Crippen LogP contribution in [0, 0.1) is 6.92 Å². The fraction of sp³-hybridized carbons (Fsp3) is 0.514. The number of fused-ring (bicyclic) bond motifs is 3. The summed E-state index contributed by atoms with van der Waals surface area (Å²) in [5.74, 6) is 2.27. The average molecular weight is 1650 g/mol. The van der Waals surface area contributed by atoms with E-state index in [0.717, 1.165) is 135 Å². The van der Waals surface area contributed by atoms with Crippen molar-refractivity contribution in [2.75, 3.05) is 65.6 Å². The molecule has 0 unspecified atom stereocenters. The number of Topliss-reactive ketones (excluding diaryl/α,β-unsaturated/α-hetero) is 2. The number of benzene rings is 5. The fourth-order valence-corrected chi connectivity index (χ4v) is 13.4. The maximum absolute atomic E-state index is 11.7. The number of rotatable bonds is 5. The molecule has 7 aliphatic heterocycles. The number of aliphatic hydroxyl groups excluding tert-OH is 1. The fourth-order valence-electron chi connectivity index (χ4n) is 11.2. The Morgan fingerprint density at radius 3 is 1.34 bits per heavy atom. The summed E-state index contributed by atoms with van der Waals surface area (Å²) < 4.78 is 79.7. The molecular weight excluding hydrogens is 1560 g/mol. The monoisotopic (exact) mass is 1650 g/mol. The number of hydrogen-bond acceptors (Lipinski definition) is 19. The second-order valence-corrected chi connectivity index (χ2v) is 29.1. The van der Waals surface area contributed by atoms with Gasteiger partial charge in [0.1, 0.15) is 34.6 Å². The SMILES string of the molecule is Brc1ccc2c(c1)COC1(CCN(C3CCC3)CC1)O2.Brc1ccc2c(c1)COC1(CCNCC1)O2.C.CCOC(=O)N1CCC(=O)CC1.CCOC(=O)N1CCC2(CC1)OCc1cc(Br)ccc1O2.Cc1ccc(S(=O)(=O)O)cc1.O=C1CCC1.OCc1cc(Br)ccc1O.[Na+].[OH-]. The molecule has 5 aromatic rings. The number of hydrogen-bond donors (Lipinski definition) is 4. The first-order chi connectivity index (χ1) is 45.5. The second kappa shape index (κ2) is 40.5. The van der Waals surface area contributed by atoms with Crippen molar-refractivity contribution >= 4 is 97.6 Å². The van der Waals surface area contributed by atoms with Crippen LogP contribution in [0.4, 0.5) is 9.59 Å². The summed E-state index contributed by atoms with van der Waals surface area (Å²) in [4.78, 5) is 49.4. The number of ketones is 2. The van der Waals surface area contributed by atoms with Gasteiger partial charge in [-0.25, -0.2) is 9.59 Å². The van der Waals surface area contributed by atoms with Gasteiger partial charge in [-0.3, -0.25) is 19.0 Å². The van der Waals surface area contributed by atoms with E-state index in [9.17, 15) is 27.6 Å². The predicted molar refractivity (Wildman–Crippen MR) is 378 cm³/mol. The minimum Gasteiger partial charge on any atom is -0.870 e. The zero-order valence-electron chi connectivity index (χ0n) is 55.4. The topological polar surface area (TPSA) is 289 Å². The van der Waals surface area contributed by atoms with E-state index in [-0.39, 0.29) is 89.3 Å². The standard InChI is InChI=1S/C16H20BrNO2.C15H18BrNO4.C12H14BrNO2.C8H13NO3.C7H7BrO2.C7H8O3S.C4H6O.CH4.Na.H2O/c17-13-4-5-15-12(10-13)11-19-16(20-15)6-8-18(9-7-16)14-2-1-3-14;1-2-19-14(18)17-7-5-15(6-8-17)20-10-11-9-12(16)3-4-13(11)21-15;13-10-1-2-11-9(7-10)8-15-12(16-11)3-5-14-6-4-12;1-2-12-8(11)9-5-3-7(10)4-6-9;8-6-1-2-7(10)5(3-6)4-9;1-6-2-4-7(5-3-6)11(8,9)10;5-4-2-1-3-4;;;/h4-5,10,14H,1-3,6-9,11H2;3-4,9H,2,5-8,10H2,1H3;1-2,7,14H,3-6,8H2;2-6H2,1H3;1-3,9-10H,4H2;2-5H,1H3,(H,8,9,10);1-3H2;1H4;;1H2/q;;;;;;;;+1;/p-1. The molecule has 2 amide bonds. The van der Waals surface area contributed by atoms with Gasteiger partial charge < -0.3 is 68.7 Å². The van der Waals surface area contributed by atoms with Crippen LogP contribution < -0.4 is 49.1 Å². The van der Waals surface area contributed by atoms with Gasteiger partial charge in [-0.1, -0.05) is 95.3 Å². The van der Waals surface area contributed by atoms with Gasteiger partial charge in [-0.05, 0) is 125 Å². The van der Waals surface area contributed by atoms with Crippen LogP contribution in [0.15, 0.2) is 120 Å². The van der Waals surface area contributed by atoms with E-state index in [0.29, 0.717) is 96.2 Å². The molecule has 22 nitrogen and oxygen atoms in total. The Kier molecular flexibility index (Phi) is 34.9. The van der Waals surface area contributed by atoms with Gasteiger partial charge in [-0.2, -0.15) is 8.42 Å². The summed E-state index contributed by atoms with van der Waals surface area (Å²) in [6, 6.07) is 30.0. The number of phenols is 1. The van der Waals surface area contributed by atoms with Crippen LogP contribution in [0.2, 0.25) is 0 Å². The zero-order chi connectivity index (χ0) is 68.2. The molecule has 0 radical (unpaired) electrons. The maximum atomic E-state index is 11.7. The normalized spacial score (nSPS) is 18.8. The summed E-state index contributed by atoms with van der Waals surface area (Å²) in [6.45, 7) is 14.3. The van der Waals surface area contributed by atoms with Gasteiger partial charge >= 0.3 is 41.7 Å². The number of aromatic hydroxyl groups is 1. The van der Waals surface area contributed by atoms with Crippen molar-refractivity contribution < 1.29 is 115 Å². The Bertz CT molecular complexity index is 3480. The van der Waals surface area contributed by atoms with E-state index >= 15 is 0 Å². The van der Waals surface area contributed by atoms with Crippen molar-refractivity contribution in [2.24, 2.45) is 0 Å². The number of carbonyl (C=O) groups excluding carboxylic acids is 4. The summed E-state index contributed by atoms with van der Waals surface area (Å²) >= 11 is 13.6. The van der Waals surface area contributed by atoms with Crippen molar-refractivity contribution in [3.8, 4) is 23.0 Å². The number of amides is 2. The molecular formula is C70H91Br4N4NaO18S. The van der Waals surface area contributed by atoms with E-state index in [2.05, 4.69) is 92.1 Å². The number of aliphatic hydroxyl groups is 1. The Labute approximate surface area is 631 Å². The first-order valence-corrected chi connectivity index (χ1v) is 36.9. The molecule has 0 atom stereocenters. The van der Waals surface area contributed by atoms with Crippen molar-refractivity contribution in [2.45, 2.75) is 173 Å². The molecule has 6 fully saturated rings. The molecule has 0 bridgehead atoms. The summed E-state index contributed by atoms with van der Waals surface area (Å²) in [5.41, 5.74) is 4.81. The first-order valence-electron chi connectivity index (χ1n) is 32.3. The van der Waals surface area contributed by atoms with Gasteiger partial charge in [0.05, 0.1) is 44.5 Å². The molecule has 5 N–H and O–H groups in total. The van der Waals surface area contributed by atoms with Gasteiger partial charge in [0.25, 0.3) is 10.1 Å². The smallest absolute Gasteiger partial charge is 0.870 e. The van der Waals surface area contributed by atoms with Gasteiger partial charge in [-0.15, -0.1) is 0 Å². The number of ether oxygens (including phenoxy) is 8. The van der Waals surface area contributed by atoms with Gasteiger partial charge in [0, 0.05) is 163 Å². The molecule has 28 heteroatoms. The van der Waals surface area contributed by atoms with Crippen LogP contribution in [0.5, 0.6) is 23.0 Å². The molecule has 98 heavy (non-hydrogen) atoms. The molecule has 2 aliphatic carbocycles. The Morgan fingerprint density at radius 2 is 0.969 bits per heavy atom. The second-order valence-electron chi connectivity index (χ2n) is 24.1. The largest absolute Gasteiger partial charge is 1.00 e. The van der Waals surface area contributed by atoms with Crippen molar-refractivity contribution in [1.29, 1.82) is 0 Å².